The second-order valence-electron chi connectivity index (χ2n) is 3.56. The Kier molecular flexibility index (Phi) is 5.30. The molecular formula is C9H18N2O2. The molecule has 0 saturated carbocycles. The largest absolute Gasteiger partial charge is 0.356 e. The molecule has 1 atom stereocenters. The molecule has 0 unspecified atom stereocenters. The van der Waals surface area contributed by atoms with Crippen molar-refractivity contribution in [3.8, 4) is 0 Å². The van der Waals surface area contributed by atoms with Crippen LogP contribution >= 0.6 is 0 Å². The number of carbonyl (C=O) groups is 2. The number of rotatable bonds is 6. The summed E-state index contributed by atoms with van der Waals surface area (Å²) in [6.45, 7) is 4.27. The molecule has 0 heterocycles. The van der Waals surface area contributed by atoms with Crippen molar-refractivity contribution in [2.75, 3.05) is 13.1 Å². The van der Waals surface area contributed by atoms with Crippen LogP contribution in [0.2, 0.25) is 0 Å². The van der Waals surface area contributed by atoms with Gasteiger partial charge in [-0.25, -0.2) is 0 Å². The molecule has 0 aromatic carbocycles. The molecule has 0 fully saturated rings. The molecule has 0 radical (unpaired) electrons. The van der Waals surface area contributed by atoms with E-state index in [9.17, 15) is 9.59 Å². The SMILES string of the molecule is CC(=O)NCCC[C@@](C)(C=O)CN. The van der Waals surface area contributed by atoms with Gasteiger partial charge in [0.15, 0.2) is 0 Å². The first kappa shape index (κ1) is 12.1. The van der Waals surface area contributed by atoms with E-state index in [0.717, 1.165) is 12.7 Å². The standard InChI is InChI=1S/C9H18N2O2/c1-8(13)11-5-3-4-9(2,6-10)7-12/h7H,3-6,10H2,1-2H3,(H,11,13)/t9-/m1/s1. The monoisotopic (exact) mass is 186 g/mol. The van der Waals surface area contributed by atoms with Crippen LogP contribution in [0.3, 0.4) is 0 Å². The Hall–Kier alpha value is -0.900. The molecule has 4 nitrogen and oxygen atoms in total. The van der Waals surface area contributed by atoms with Gasteiger partial charge in [0.05, 0.1) is 0 Å². The fourth-order valence-corrected chi connectivity index (χ4v) is 0.966. The first-order chi connectivity index (χ1) is 6.04. The van der Waals surface area contributed by atoms with Crippen LogP contribution in [0, 0.1) is 5.41 Å². The lowest BCUT2D eigenvalue weighted by molar-refractivity contribution is -0.118. The van der Waals surface area contributed by atoms with Crippen LogP contribution in [0.5, 0.6) is 0 Å². The highest BCUT2D eigenvalue weighted by Crippen LogP contribution is 2.17. The summed E-state index contributed by atoms with van der Waals surface area (Å²) in [5.74, 6) is -0.0412. The zero-order valence-electron chi connectivity index (χ0n) is 8.30. The van der Waals surface area contributed by atoms with Gasteiger partial charge >= 0.3 is 0 Å². The predicted molar refractivity (Wildman–Crippen MR) is 51.1 cm³/mol. The number of aldehydes is 1. The summed E-state index contributed by atoms with van der Waals surface area (Å²) in [7, 11) is 0. The average Bonchev–Trinajstić information content (AvgIpc) is 2.12. The van der Waals surface area contributed by atoms with Crippen LogP contribution < -0.4 is 11.1 Å². The van der Waals surface area contributed by atoms with Crippen molar-refractivity contribution in [3.05, 3.63) is 0 Å². The highest BCUT2D eigenvalue weighted by atomic mass is 16.1. The minimum atomic E-state index is -0.432. The molecule has 76 valence electrons. The summed E-state index contributed by atoms with van der Waals surface area (Å²) in [5, 5.41) is 2.67. The van der Waals surface area contributed by atoms with Crippen molar-refractivity contribution in [1.82, 2.24) is 5.32 Å². The Bertz CT molecular complexity index is 182. The van der Waals surface area contributed by atoms with Crippen molar-refractivity contribution < 1.29 is 9.59 Å². The van der Waals surface area contributed by atoms with Crippen LogP contribution in [0.15, 0.2) is 0 Å². The van der Waals surface area contributed by atoms with E-state index in [1.54, 1.807) is 0 Å². The summed E-state index contributed by atoms with van der Waals surface area (Å²) >= 11 is 0. The fourth-order valence-electron chi connectivity index (χ4n) is 0.966. The summed E-state index contributed by atoms with van der Waals surface area (Å²) < 4.78 is 0. The lowest BCUT2D eigenvalue weighted by atomic mass is 9.87. The van der Waals surface area contributed by atoms with Gasteiger partial charge in [-0.05, 0) is 12.8 Å². The summed E-state index contributed by atoms with van der Waals surface area (Å²) in [6, 6.07) is 0. The van der Waals surface area contributed by atoms with Crippen molar-refractivity contribution in [3.63, 3.8) is 0 Å². The zero-order chi connectivity index (χ0) is 10.3. The molecule has 0 spiro atoms. The van der Waals surface area contributed by atoms with Gasteiger partial charge in [-0.2, -0.15) is 0 Å². The highest BCUT2D eigenvalue weighted by molar-refractivity contribution is 5.72. The number of hydrogen-bond donors (Lipinski definition) is 2. The van der Waals surface area contributed by atoms with E-state index in [2.05, 4.69) is 5.32 Å². The fraction of sp³-hybridized carbons (Fsp3) is 0.778. The predicted octanol–water partition coefficient (Wildman–Crippen LogP) is 0.0666. The normalized spacial score (nSPS) is 14.7. The van der Waals surface area contributed by atoms with Gasteiger partial charge in [-0.3, -0.25) is 4.79 Å². The number of hydrogen-bond acceptors (Lipinski definition) is 3. The quantitative estimate of drug-likeness (QED) is 0.455. The molecule has 0 aromatic rings. The smallest absolute Gasteiger partial charge is 0.216 e. The van der Waals surface area contributed by atoms with Gasteiger partial charge in [-0.1, -0.05) is 6.92 Å². The van der Waals surface area contributed by atoms with Crippen molar-refractivity contribution >= 4 is 12.2 Å². The highest BCUT2D eigenvalue weighted by Gasteiger charge is 2.20. The minimum Gasteiger partial charge on any atom is -0.356 e. The molecule has 0 aromatic heterocycles. The van der Waals surface area contributed by atoms with E-state index in [-0.39, 0.29) is 5.91 Å². The minimum absolute atomic E-state index is 0.0412. The Morgan fingerprint density at radius 2 is 2.23 bits per heavy atom. The molecule has 0 aliphatic carbocycles. The number of carbonyl (C=O) groups excluding carboxylic acids is 2. The lowest BCUT2D eigenvalue weighted by Crippen LogP contribution is -2.30. The van der Waals surface area contributed by atoms with Crippen LogP contribution in [0.25, 0.3) is 0 Å². The van der Waals surface area contributed by atoms with Crippen LogP contribution in [-0.4, -0.2) is 25.3 Å². The maximum Gasteiger partial charge on any atom is 0.216 e. The van der Waals surface area contributed by atoms with E-state index < -0.39 is 5.41 Å². The maximum absolute atomic E-state index is 10.6. The van der Waals surface area contributed by atoms with Crippen molar-refractivity contribution in [2.24, 2.45) is 11.1 Å². The topological polar surface area (TPSA) is 72.2 Å². The third-order valence-electron chi connectivity index (χ3n) is 2.05. The third-order valence-corrected chi connectivity index (χ3v) is 2.05. The summed E-state index contributed by atoms with van der Waals surface area (Å²) in [4.78, 5) is 21.1. The molecule has 4 heteroatoms. The van der Waals surface area contributed by atoms with Crippen molar-refractivity contribution in [2.45, 2.75) is 26.7 Å². The first-order valence-corrected chi connectivity index (χ1v) is 4.45. The third kappa shape index (κ3) is 5.36. The van der Waals surface area contributed by atoms with E-state index in [4.69, 9.17) is 5.73 Å². The van der Waals surface area contributed by atoms with Crippen molar-refractivity contribution in [1.29, 1.82) is 0 Å². The molecule has 0 saturated heterocycles. The van der Waals surface area contributed by atoms with Crippen LogP contribution in [0.1, 0.15) is 26.7 Å². The van der Waals surface area contributed by atoms with E-state index in [1.807, 2.05) is 6.92 Å². The van der Waals surface area contributed by atoms with E-state index in [1.165, 1.54) is 6.92 Å². The Morgan fingerprint density at radius 3 is 2.62 bits per heavy atom. The van der Waals surface area contributed by atoms with E-state index >= 15 is 0 Å². The second-order valence-corrected chi connectivity index (χ2v) is 3.56. The first-order valence-electron chi connectivity index (χ1n) is 4.45. The molecule has 3 N–H and O–H groups in total. The molecule has 0 bridgehead atoms. The maximum atomic E-state index is 10.6. The Morgan fingerprint density at radius 1 is 1.62 bits per heavy atom. The van der Waals surface area contributed by atoms with Gasteiger partial charge in [0.1, 0.15) is 6.29 Å². The lowest BCUT2D eigenvalue weighted by Gasteiger charge is -2.20. The van der Waals surface area contributed by atoms with Gasteiger partial charge < -0.3 is 15.8 Å². The Labute approximate surface area is 78.9 Å². The molecule has 13 heavy (non-hydrogen) atoms. The van der Waals surface area contributed by atoms with E-state index in [0.29, 0.717) is 19.5 Å². The molecule has 0 aliphatic rings. The van der Waals surface area contributed by atoms with Crippen LogP contribution in [-0.2, 0) is 9.59 Å². The van der Waals surface area contributed by atoms with Gasteiger partial charge in [0.25, 0.3) is 0 Å². The number of nitrogens with one attached hydrogen (secondary N) is 1. The average molecular weight is 186 g/mol. The second kappa shape index (κ2) is 5.70. The molecule has 1 amide bonds. The summed E-state index contributed by atoms with van der Waals surface area (Å²) in [6.07, 6.45) is 2.39. The van der Waals surface area contributed by atoms with Gasteiger partial charge in [-0.15, -0.1) is 0 Å². The molecular weight excluding hydrogens is 168 g/mol. The van der Waals surface area contributed by atoms with Crippen LogP contribution in [0.4, 0.5) is 0 Å². The molecule has 0 aliphatic heterocycles. The van der Waals surface area contributed by atoms with Gasteiger partial charge in [0.2, 0.25) is 5.91 Å². The number of nitrogens with two attached hydrogens (primary N) is 1. The van der Waals surface area contributed by atoms with Gasteiger partial charge in [0, 0.05) is 25.4 Å². The Balaban J connectivity index is 3.61. The summed E-state index contributed by atoms with van der Waals surface area (Å²) in [5.41, 5.74) is 5.01. The number of amides is 1. The zero-order valence-corrected chi connectivity index (χ0v) is 8.30. The molecule has 0 rings (SSSR count).